The van der Waals surface area contributed by atoms with Crippen LogP contribution in [-0.4, -0.2) is 35.3 Å². The van der Waals surface area contributed by atoms with E-state index in [9.17, 15) is 18.4 Å². The summed E-state index contributed by atoms with van der Waals surface area (Å²) in [6.45, 7) is 0. The summed E-state index contributed by atoms with van der Waals surface area (Å²) in [7, 11) is 1.32. The molecule has 0 aliphatic carbocycles. The highest BCUT2D eigenvalue weighted by Crippen LogP contribution is 2.15. The van der Waals surface area contributed by atoms with Gasteiger partial charge in [0.15, 0.2) is 5.69 Å². The van der Waals surface area contributed by atoms with Gasteiger partial charge in [-0.05, 0) is 11.6 Å². The third-order valence-electron chi connectivity index (χ3n) is 1.66. The number of nitrogens with zero attached hydrogens (tertiary/aromatic N) is 2. The molecule has 0 saturated carbocycles. The molecule has 0 bridgehead atoms. The molecule has 2 amide bonds. The normalized spacial score (nSPS) is 10.2. The van der Waals surface area contributed by atoms with Crippen molar-refractivity contribution >= 4 is 29.1 Å². The molecule has 0 unspecified atom stereocenters. The van der Waals surface area contributed by atoms with Crippen molar-refractivity contribution in [2.75, 3.05) is 12.4 Å². The summed E-state index contributed by atoms with van der Waals surface area (Å²) in [6.07, 6.45) is -2.23. The number of amides is 2. The molecule has 0 radical (unpaired) electrons. The number of hydrogen-bond donors (Lipinski definition) is 2. The minimum Gasteiger partial charge on any atom is -0.354 e. The van der Waals surface area contributed by atoms with Gasteiger partial charge in [0.1, 0.15) is 0 Å². The lowest BCUT2D eigenvalue weighted by Crippen LogP contribution is -2.25. The van der Waals surface area contributed by atoms with Crippen LogP contribution in [0.15, 0.2) is 6.20 Å². The summed E-state index contributed by atoms with van der Waals surface area (Å²) >= 11 is 5.45. The van der Waals surface area contributed by atoms with Crippen LogP contribution in [0.3, 0.4) is 0 Å². The first-order chi connectivity index (χ1) is 7.95. The zero-order chi connectivity index (χ0) is 13.0. The number of alkyl halides is 2. The highest BCUT2D eigenvalue weighted by Gasteiger charge is 2.20. The fraction of sp³-hybridized carbons (Fsp3) is 0.250. The average molecular weight is 265 g/mol. The smallest absolute Gasteiger partial charge is 0.315 e. The number of nitrogens with one attached hydrogen (secondary N) is 2. The van der Waals surface area contributed by atoms with E-state index in [2.05, 4.69) is 15.3 Å². The monoisotopic (exact) mass is 264 g/mol. The molecule has 9 heteroatoms. The van der Waals surface area contributed by atoms with Gasteiger partial charge in [-0.2, -0.15) is 8.78 Å². The summed E-state index contributed by atoms with van der Waals surface area (Å²) in [5.74, 6) is -2.24. The van der Waals surface area contributed by atoms with Crippen LogP contribution in [-0.2, 0) is 4.79 Å². The first-order valence-electron chi connectivity index (χ1n) is 4.29. The molecule has 17 heavy (non-hydrogen) atoms. The Morgan fingerprint density at radius 3 is 2.65 bits per heavy atom. The summed E-state index contributed by atoms with van der Waals surface area (Å²) in [5, 5.41) is 3.81. The second kappa shape index (κ2) is 5.48. The maximum atomic E-state index is 12.0. The van der Waals surface area contributed by atoms with Gasteiger partial charge in [0.2, 0.25) is 5.28 Å². The van der Waals surface area contributed by atoms with Crippen molar-refractivity contribution in [1.82, 2.24) is 15.3 Å². The number of carbonyl (C=O) groups excluding carboxylic acids is 2. The molecule has 1 aromatic rings. The van der Waals surface area contributed by atoms with Crippen LogP contribution in [0, 0.1) is 0 Å². The molecular formula is C8H7ClF2N4O2. The predicted octanol–water partition coefficient (Wildman–Crippen LogP) is 0.693. The molecule has 0 aliphatic rings. The number of hydrogen-bond acceptors (Lipinski definition) is 4. The van der Waals surface area contributed by atoms with Gasteiger partial charge in [-0.15, -0.1) is 0 Å². The Morgan fingerprint density at radius 1 is 1.47 bits per heavy atom. The van der Waals surface area contributed by atoms with E-state index in [-0.39, 0.29) is 16.7 Å². The first-order valence-corrected chi connectivity index (χ1v) is 4.67. The molecular weight excluding hydrogens is 258 g/mol. The minimum absolute atomic E-state index is 0.237. The molecule has 1 aromatic heterocycles. The van der Waals surface area contributed by atoms with Crippen LogP contribution in [0.5, 0.6) is 0 Å². The van der Waals surface area contributed by atoms with Crippen LogP contribution in [0.1, 0.15) is 10.5 Å². The minimum atomic E-state index is -3.21. The van der Waals surface area contributed by atoms with Crippen LogP contribution in [0.2, 0.25) is 5.28 Å². The summed E-state index contributed by atoms with van der Waals surface area (Å²) in [6, 6.07) is 0. The zero-order valence-electron chi connectivity index (χ0n) is 8.50. The number of aromatic nitrogens is 2. The van der Waals surface area contributed by atoms with Crippen molar-refractivity contribution in [2.45, 2.75) is 6.43 Å². The van der Waals surface area contributed by atoms with Crippen molar-refractivity contribution in [3.8, 4) is 0 Å². The zero-order valence-corrected chi connectivity index (χ0v) is 9.26. The molecule has 0 fully saturated rings. The molecule has 0 aliphatic heterocycles. The Morgan fingerprint density at radius 2 is 2.12 bits per heavy atom. The third-order valence-corrected chi connectivity index (χ3v) is 1.84. The summed E-state index contributed by atoms with van der Waals surface area (Å²) in [4.78, 5) is 29.1. The first kappa shape index (κ1) is 13.2. The second-order valence-electron chi connectivity index (χ2n) is 2.77. The predicted molar refractivity (Wildman–Crippen MR) is 55.1 cm³/mol. The van der Waals surface area contributed by atoms with E-state index in [1.165, 1.54) is 7.05 Å². The molecule has 1 heterocycles. The topological polar surface area (TPSA) is 84.0 Å². The van der Waals surface area contributed by atoms with E-state index >= 15 is 0 Å². The highest BCUT2D eigenvalue weighted by molar-refractivity contribution is 6.28. The summed E-state index contributed by atoms with van der Waals surface area (Å²) in [5.41, 5.74) is -0.527. The Kier molecular flexibility index (Phi) is 4.27. The molecule has 0 atom stereocenters. The van der Waals surface area contributed by atoms with E-state index in [1.54, 1.807) is 0 Å². The molecule has 6 nitrogen and oxygen atoms in total. The van der Waals surface area contributed by atoms with Crippen molar-refractivity contribution in [2.24, 2.45) is 0 Å². The van der Waals surface area contributed by atoms with Gasteiger partial charge in [-0.25, -0.2) is 9.97 Å². The summed E-state index contributed by atoms with van der Waals surface area (Å²) < 4.78 is 24.1. The van der Waals surface area contributed by atoms with Gasteiger partial charge in [-0.3, -0.25) is 9.59 Å². The van der Waals surface area contributed by atoms with Gasteiger partial charge < -0.3 is 10.6 Å². The average Bonchev–Trinajstić information content (AvgIpc) is 2.30. The molecule has 0 saturated heterocycles. The lowest BCUT2D eigenvalue weighted by Gasteiger charge is -2.08. The number of rotatable bonds is 3. The number of halogens is 3. The van der Waals surface area contributed by atoms with Gasteiger partial charge in [0.25, 0.3) is 11.8 Å². The molecule has 0 spiro atoms. The van der Waals surface area contributed by atoms with Crippen LogP contribution in [0.4, 0.5) is 14.5 Å². The SMILES string of the molecule is CNC(=O)c1nc(Cl)ncc1NC(=O)C(F)F. The van der Waals surface area contributed by atoms with Crippen molar-refractivity contribution < 1.29 is 18.4 Å². The maximum absolute atomic E-state index is 12.0. The fourth-order valence-electron chi connectivity index (χ4n) is 0.931. The lowest BCUT2D eigenvalue weighted by atomic mass is 10.3. The third kappa shape index (κ3) is 3.31. The van der Waals surface area contributed by atoms with E-state index in [0.29, 0.717) is 0 Å². The van der Waals surface area contributed by atoms with Crippen LogP contribution >= 0.6 is 11.6 Å². The van der Waals surface area contributed by atoms with Crippen LogP contribution < -0.4 is 10.6 Å². The number of carbonyl (C=O) groups is 2. The van der Waals surface area contributed by atoms with E-state index < -0.39 is 18.2 Å². The largest absolute Gasteiger partial charge is 0.354 e. The van der Waals surface area contributed by atoms with E-state index in [0.717, 1.165) is 6.20 Å². The van der Waals surface area contributed by atoms with Gasteiger partial charge >= 0.3 is 6.43 Å². The molecule has 0 aromatic carbocycles. The van der Waals surface area contributed by atoms with Gasteiger partial charge in [-0.1, -0.05) is 0 Å². The standard InChI is InChI=1S/C8H7ClF2N4O2/c1-12-6(16)4-3(2-13-8(9)15-4)14-7(17)5(10)11/h2,5H,1H3,(H,12,16)(H,14,17). The Hall–Kier alpha value is -1.83. The molecule has 2 N–H and O–H groups in total. The van der Waals surface area contributed by atoms with Crippen molar-refractivity contribution in [3.63, 3.8) is 0 Å². The van der Waals surface area contributed by atoms with Gasteiger partial charge in [0.05, 0.1) is 11.9 Å². The van der Waals surface area contributed by atoms with Gasteiger partial charge in [0, 0.05) is 7.05 Å². The lowest BCUT2D eigenvalue weighted by molar-refractivity contribution is -0.126. The highest BCUT2D eigenvalue weighted by atomic mass is 35.5. The number of anilines is 1. The van der Waals surface area contributed by atoms with Crippen molar-refractivity contribution in [3.05, 3.63) is 17.2 Å². The van der Waals surface area contributed by atoms with Crippen molar-refractivity contribution in [1.29, 1.82) is 0 Å². The quantitative estimate of drug-likeness (QED) is 0.787. The maximum Gasteiger partial charge on any atom is 0.315 e. The van der Waals surface area contributed by atoms with E-state index in [4.69, 9.17) is 11.6 Å². The Labute approximate surface area is 99.4 Å². The molecule has 92 valence electrons. The fourth-order valence-corrected chi connectivity index (χ4v) is 1.06. The Bertz CT molecular complexity index is 455. The van der Waals surface area contributed by atoms with E-state index in [1.807, 2.05) is 5.32 Å². The van der Waals surface area contributed by atoms with Crippen LogP contribution in [0.25, 0.3) is 0 Å². The Balaban J connectivity index is 3.06. The second-order valence-corrected chi connectivity index (χ2v) is 3.11. The molecule has 1 rings (SSSR count).